The summed E-state index contributed by atoms with van der Waals surface area (Å²) in [4.78, 5) is 17.5. The topological polar surface area (TPSA) is 35.6 Å². The van der Waals surface area contributed by atoms with Crippen molar-refractivity contribution in [1.82, 2.24) is 10.2 Å². The van der Waals surface area contributed by atoms with E-state index in [-0.39, 0.29) is 11.9 Å². The molecule has 0 fully saturated rings. The Labute approximate surface area is 185 Å². The van der Waals surface area contributed by atoms with Crippen LogP contribution in [-0.4, -0.2) is 38.0 Å². The Bertz CT molecular complexity index is 1040. The zero-order valence-electron chi connectivity index (χ0n) is 18.6. The molecular formula is C27H31N3O. The smallest absolute Gasteiger partial charge is 0.251 e. The van der Waals surface area contributed by atoms with Gasteiger partial charge in [0.2, 0.25) is 0 Å². The van der Waals surface area contributed by atoms with Gasteiger partial charge < -0.3 is 10.2 Å². The molecule has 4 nitrogen and oxygen atoms in total. The molecule has 31 heavy (non-hydrogen) atoms. The Morgan fingerprint density at radius 3 is 2.35 bits per heavy atom. The fourth-order valence-electron chi connectivity index (χ4n) is 4.35. The van der Waals surface area contributed by atoms with E-state index in [2.05, 4.69) is 77.7 Å². The van der Waals surface area contributed by atoms with Gasteiger partial charge in [-0.2, -0.15) is 0 Å². The molecule has 0 saturated carbocycles. The van der Waals surface area contributed by atoms with Gasteiger partial charge in [-0.3, -0.25) is 9.69 Å². The molecule has 0 radical (unpaired) electrons. The highest BCUT2D eigenvalue weighted by Crippen LogP contribution is 2.29. The number of hydrogen-bond acceptors (Lipinski definition) is 3. The summed E-state index contributed by atoms with van der Waals surface area (Å²) in [6.07, 6.45) is 1.04. The number of fused-ring (bicyclic) bond motifs is 1. The number of aryl methyl sites for hydroxylation is 1. The number of amides is 1. The van der Waals surface area contributed by atoms with E-state index < -0.39 is 0 Å². The Kier molecular flexibility index (Phi) is 6.38. The third-order valence-corrected chi connectivity index (χ3v) is 6.24. The van der Waals surface area contributed by atoms with Crippen LogP contribution in [0.4, 0.5) is 5.69 Å². The molecule has 3 aromatic carbocycles. The predicted molar refractivity (Wildman–Crippen MR) is 128 cm³/mol. The molecule has 3 aromatic rings. The molecule has 1 amide bonds. The van der Waals surface area contributed by atoms with Crippen LogP contribution in [0.3, 0.4) is 0 Å². The Morgan fingerprint density at radius 1 is 0.968 bits per heavy atom. The lowest BCUT2D eigenvalue weighted by Crippen LogP contribution is -2.40. The number of carbonyl (C=O) groups excluding carboxylic acids is 1. The Morgan fingerprint density at radius 2 is 1.65 bits per heavy atom. The summed E-state index contributed by atoms with van der Waals surface area (Å²) < 4.78 is 0. The first kappa shape index (κ1) is 21.1. The van der Waals surface area contributed by atoms with Crippen LogP contribution in [0, 0.1) is 6.92 Å². The summed E-state index contributed by atoms with van der Waals surface area (Å²) in [5, 5.41) is 3.21. The molecule has 0 bridgehead atoms. The van der Waals surface area contributed by atoms with Gasteiger partial charge in [-0.25, -0.2) is 0 Å². The zero-order chi connectivity index (χ0) is 21.8. The summed E-state index contributed by atoms with van der Waals surface area (Å²) in [6.45, 7) is 4.44. The molecule has 1 aliphatic heterocycles. The minimum Gasteiger partial charge on any atom is -0.378 e. The number of benzene rings is 3. The van der Waals surface area contributed by atoms with Gasteiger partial charge in [0.15, 0.2) is 0 Å². The van der Waals surface area contributed by atoms with Gasteiger partial charge in [0.05, 0.1) is 6.04 Å². The average molecular weight is 414 g/mol. The first-order valence-corrected chi connectivity index (χ1v) is 10.9. The second-order valence-electron chi connectivity index (χ2n) is 8.52. The van der Waals surface area contributed by atoms with Crippen molar-refractivity contribution in [1.29, 1.82) is 0 Å². The van der Waals surface area contributed by atoms with Crippen molar-refractivity contribution in [3.63, 3.8) is 0 Å². The van der Waals surface area contributed by atoms with E-state index in [1.165, 1.54) is 22.4 Å². The molecule has 1 N–H and O–H groups in total. The maximum absolute atomic E-state index is 12.9. The minimum atomic E-state index is -0.00887. The van der Waals surface area contributed by atoms with E-state index in [1.807, 2.05) is 31.2 Å². The third-order valence-electron chi connectivity index (χ3n) is 6.24. The summed E-state index contributed by atoms with van der Waals surface area (Å²) in [5.41, 5.74) is 6.97. The number of nitrogens with one attached hydrogen (secondary N) is 1. The van der Waals surface area contributed by atoms with Crippen LogP contribution >= 0.6 is 0 Å². The van der Waals surface area contributed by atoms with Gasteiger partial charge in [-0.05, 0) is 53.8 Å². The van der Waals surface area contributed by atoms with Crippen LogP contribution in [0.1, 0.15) is 38.7 Å². The Hall–Kier alpha value is -3.11. The minimum absolute atomic E-state index is 0.00887. The lowest BCUT2D eigenvalue weighted by atomic mass is 9.96. The number of nitrogens with zero attached hydrogens (tertiary/aromatic N) is 2. The van der Waals surface area contributed by atoms with E-state index in [0.29, 0.717) is 6.54 Å². The number of anilines is 1. The average Bonchev–Trinajstić information content (AvgIpc) is 2.79. The maximum Gasteiger partial charge on any atom is 0.251 e. The van der Waals surface area contributed by atoms with Gasteiger partial charge in [0.1, 0.15) is 0 Å². The maximum atomic E-state index is 12.9. The monoisotopic (exact) mass is 413 g/mol. The van der Waals surface area contributed by atoms with Crippen molar-refractivity contribution >= 4 is 11.6 Å². The number of carbonyl (C=O) groups is 1. The summed E-state index contributed by atoms with van der Waals surface area (Å²) in [6, 6.07) is 25.3. The molecule has 1 aliphatic rings. The third kappa shape index (κ3) is 4.80. The second-order valence-corrected chi connectivity index (χ2v) is 8.52. The molecule has 4 heteroatoms. The normalized spacial score (nSPS) is 14.5. The van der Waals surface area contributed by atoms with E-state index in [4.69, 9.17) is 0 Å². The lowest BCUT2D eigenvalue weighted by molar-refractivity contribution is 0.0927. The van der Waals surface area contributed by atoms with Gasteiger partial charge >= 0.3 is 0 Å². The van der Waals surface area contributed by atoms with E-state index >= 15 is 0 Å². The molecule has 160 valence electrons. The highest BCUT2D eigenvalue weighted by Gasteiger charge is 2.25. The van der Waals surface area contributed by atoms with E-state index in [1.54, 1.807) is 0 Å². The number of hydrogen-bond donors (Lipinski definition) is 1. The highest BCUT2D eigenvalue weighted by molar-refractivity contribution is 5.95. The van der Waals surface area contributed by atoms with Crippen molar-refractivity contribution in [3.05, 3.63) is 101 Å². The molecule has 0 saturated heterocycles. The van der Waals surface area contributed by atoms with Crippen LogP contribution in [-0.2, 0) is 13.0 Å². The van der Waals surface area contributed by atoms with E-state index in [9.17, 15) is 4.79 Å². The summed E-state index contributed by atoms with van der Waals surface area (Å²) in [5.74, 6) is -0.00887. The molecule has 0 spiro atoms. The van der Waals surface area contributed by atoms with Crippen LogP contribution in [0.15, 0.2) is 72.8 Å². The molecule has 0 aliphatic carbocycles. The fraction of sp³-hybridized carbons (Fsp3) is 0.296. The molecule has 4 rings (SSSR count). The highest BCUT2D eigenvalue weighted by atomic mass is 16.1. The van der Waals surface area contributed by atoms with Crippen molar-refractivity contribution in [2.24, 2.45) is 0 Å². The van der Waals surface area contributed by atoms with E-state index in [0.717, 1.165) is 30.6 Å². The first-order chi connectivity index (χ1) is 15.0. The van der Waals surface area contributed by atoms with Crippen LogP contribution < -0.4 is 10.2 Å². The summed E-state index contributed by atoms with van der Waals surface area (Å²) >= 11 is 0. The standard InChI is InChI=1S/C27H31N3O/c1-20-8-4-7-11-25(20)27(31)28-18-26(22-12-14-24(15-13-22)29(2)3)30-17-16-21-9-5-6-10-23(21)19-30/h4-15,26H,16-19H2,1-3H3,(H,28,31). The van der Waals surface area contributed by atoms with Gasteiger partial charge in [-0.15, -0.1) is 0 Å². The first-order valence-electron chi connectivity index (χ1n) is 10.9. The van der Waals surface area contributed by atoms with Crippen molar-refractivity contribution in [3.8, 4) is 0 Å². The Balaban J connectivity index is 1.57. The molecule has 1 unspecified atom stereocenters. The van der Waals surface area contributed by atoms with Crippen molar-refractivity contribution in [2.75, 3.05) is 32.1 Å². The molecular weight excluding hydrogens is 382 g/mol. The van der Waals surface area contributed by atoms with Crippen molar-refractivity contribution < 1.29 is 4.79 Å². The van der Waals surface area contributed by atoms with Crippen LogP contribution in [0.25, 0.3) is 0 Å². The second kappa shape index (κ2) is 9.36. The quantitative estimate of drug-likeness (QED) is 0.642. The largest absolute Gasteiger partial charge is 0.378 e. The van der Waals surface area contributed by atoms with Crippen molar-refractivity contribution in [2.45, 2.75) is 25.9 Å². The lowest BCUT2D eigenvalue weighted by Gasteiger charge is -2.36. The molecule has 1 heterocycles. The van der Waals surface area contributed by atoms with Crippen LogP contribution in [0.5, 0.6) is 0 Å². The fourth-order valence-corrected chi connectivity index (χ4v) is 4.35. The predicted octanol–water partition coefficient (Wildman–Crippen LogP) is 4.59. The number of rotatable bonds is 6. The molecule has 0 aromatic heterocycles. The zero-order valence-corrected chi connectivity index (χ0v) is 18.6. The molecule has 1 atom stereocenters. The summed E-state index contributed by atoms with van der Waals surface area (Å²) in [7, 11) is 4.10. The van der Waals surface area contributed by atoms with Crippen LogP contribution in [0.2, 0.25) is 0 Å². The van der Waals surface area contributed by atoms with Gasteiger partial charge in [-0.1, -0.05) is 54.6 Å². The van der Waals surface area contributed by atoms with Gasteiger partial charge in [0.25, 0.3) is 5.91 Å². The van der Waals surface area contributed by atoms with Gasteiger partial charge in [0, 0.05) is 45.0 Å². The SMILES string of the molecule is Cc1ccccc1C(=O)NCC(c1ccc(N(C)C)cc1)N1CCc2ccccc2C1.